The summed E-state index contributed by atoms with van der Waals surface area (Å²) in [6.07, 6.45) is 1.36. The summed E-state index contributed by atoms with van der Waals surface area (Å²) in [4.78, 5) is 16.5. The fraction of sp³-hybridized carbons (Fsp3) is 0.154. The molecule has 4 N–H and O–H groups in total. The van der Waals surface area contributed by atoms with Gasteiger partial charge in [0.15, 0.2) is 11.5 Å². The number of anilines is 2. The molecule has 0 saturated heterocycles. The fourth-order valence-electron chi connectivity index (χ4n) is 4.28. The number of rotatable bonds is 7. The van der Waals surface area contributed by atoms with E-state index in [0.717, 1.165) is 22.4 Å². The second-order valence-electron chi connectivity index (χ2n) is 8.95. The molecule has 5 aromatic rings. The average Bonchev–Trinajstić information content (AvgIpc) is 3.49. The van der Waals surface area contributed by atoms with Crippen LogP contribution in [0.25, 0.3) is 22.6 Å². The molecule has 0 spiro atoms. The number of aryl methyl sites for hydroxylation is 3. The molecule has 2 aromatic carbocycles. The first-order chi connectivity index (χ1) is 18.1. The molecule has 1 atom stereocenters. The molecule has 0 aliphatic heterocycles. The van der Waals surface area contributed by atoms with Crippen molar-refractivity contribution in [3.63, 3.8) is 0 Å². The van der Waals surface area contributed by atoms with Gasteiger partial charge in [0.2, 0.25) is 0 Å². The standard InChI is InChI=1S/C26H26N7O4P/c1-15-5-10-22(16(2)11-15)38(36,37-4)31-25-20(26(34)35)14-32(30-25)19-8-6-18(7-9-19)21-13-24-28-17(3)12-23(27)33(24)29-21/h5-14H,27H2,1-4H3,(H,34,35)(H,30,31,36). The summed E-state index contributed by atoms with van der Waals surface area (Å²) in [5, 5.41) is 22.0. The Hall–Kier alpha value is -4.47. The molecule has 12 heteroatoms. The number of fused-ring (bicyclic) bond motifs is 1. The molecule has 3 aromatic heterocycles. The van der Waals surface area contributed by atoms with E-state index in [1.807, 2.05) is 51.1 Å². The van der Waals surface area contributed by atoms with Crippen molar-refractivity contribution >= 4 is 36.1 Å². The number of nitrogens with one attached hydrogen (secondary N) is 1. The summed E-state index contributed by atoms with van der Waals surface area (Å²) in [5.41, 5.74) is 11.2. The summed E-state index contributed by atoms with van der Waals surface area (Å²) in [6.45, 7) is 5.62. The number of nitrogen functional groups attached to an aromatic ring is 1. The molecule has 38 heavy (non-hydrogen) atoms. The lowest BCUT2D eigenvalue weighted by Gasteiger charge is -2.20. The van der Waals surface area contributed by atoms with Crippen LogP contribution < -0.4 is 16.1 Å². The van der Waals surface area contributed by atoms with Crippen molar-refractivity contribution in [2.75, 3.05) is 17.9 Å². The molecule has 0 aliphatic carbocycles. The molecule has 0 aliphatic rings. The van der Waals surface area contributed by atoms with E-state index in [9.17, 15) is 14.5 Å². The quantitative estimate of drug-likeness (QED) is 0.260. The third-order valence-corrected chi connectivity index (χ3v) is 8.29. The van der Waals surface area contributed by atoms with E-state index in [1.165, 1.54) is 18.0 Å². The predicted molar refractivity (Wildman–Crippen MR) is 145 cm³/mol. The van der Waals surface area contributed by atoms with Crippen LogP contribution in [0.4, 0.5) is 11.6 Å². The summed E-state index contributed by atoms with van der Waals surface area (Å²) in [5.74, 6) is -0.796. The number of carboxylic acid groups (broad SMARTS) is 1. The van der Waals surface area contributed by atoms with E-state index in [1.54, 1.807) is 28.8 Å². The van der Waals surface area contributed by atoms with Crippen molar-refractivity contribution in [1.29, 1.82) is 0 Å². The first-order valence-electron chi connectivity index (χ1n) is 11.7. The number of nitrogens with two attached hydrogens (primary N) is 1. The zero-order chi connectivity index (χ0) is 27.2. The summed E-state index contributed by atoms with van der Waals surface area (Å²) >= 11 is 0. The Bertz CT molecular complexity index is 1740. The van der Waals surface area contributed by atoms with E-state index in [-0.39, 0.29) is 11.4 Å². The molecule has 3 heterocycles. The number of aromatic nitrogens is 5. The van der Waals surface area contributed by atoms with Gasteiger partial charge in [0, 0.05) is 36.7 Å². The van der Waals surface area contributed by atoms with Crippen LogP contribution >= 0.6 is 7.52 Å². The van der Waals surface area contributed by atoms with E-state index in [4.69, 9.17) is 10.3 Å². The van der Waals surface area contributed by atoms with Gasteiger partial charge < -0.3 is 15.4 Å². The maximum Gasteiger partial charge on any atom is 0.341 e. The van der Waals surface area contributed by atoms with E-state index >= 15 is 0 Å². The molecule has 0 radical (unpaired) electrons. The highest BCUT2D eigenvalue weighted by Crippen LogP contribution is 2.46. The third-order valence-electron chi connectivity index (χ3n) is 6.13. The lowest BCUT2D eigenvalue weighted by atomic mass is 10.1. The molecule has 0 saturated carbocycles. The Kier molecular flexibility index (Phi) is 6.26. The number of hydrogen-bond acceptors (Lipinski definition) is 7. The minimum Gasteiger partial charge on any atom is -0.477 e. The molecule has 194 valence electrons. The zero-order valence-electron chi connectivity index (χ0n) is 21.2. The maximum absolute atomic E-state index is 13.7. The monoisotopic (exact) mass is 531 g/mol. The Balaban J connectivity index is 1.48. The highest BCUT2D eigenvalue weighted by atomic mass is 31.2. The van der Waals surface area contributed by atoms with Crippen LogP contribution in [0.3, 0.4) is 0 Å². The van der Waals surface area contributed by atoms with Crippen LogP contribution in [0.1, 0.15) is 27.2 Å². The second kappa shape index (κ2) is 9.44. The van der Waals surface area contributed by atoms with Gasteiger partial charge in [0.25, 0.3) is 0 Å². The highest BCUT2D eigenvalue weighted by Gasteiger charge is 2.30. The van der Waals surface area contributed by atoms with Crippen LogP contribution in [-0.4, -0.2) is 42.6 Å². The molecule has 1 unspecified atom stereocenters. The average molecular weight is 532 g/mol. The van der Waals surface area contributed by atoms with Crippen molar-refractivity contribution in [3.8, 4) is 16.9 Å². The Morgan fingerprint density at radius 3 is 2.45 bits per heavy atom. The van der Waals surface area contributed by atoms with Gasteiger partial charge in [0.05, 0.1) is 16.7 Å². The molecule has 0 amide bonds. The van der Waals surface area contributed by atoms with Gasteiger partial charge in [-0.05, 0) is 44.5 Å². The highest BCUT2D eigenvalue weighted by molar-refractivity contribution is 7.68. The van der Waals surface area contributed by atoms with Gasteiger partial charge in [-0.15, -0.1) is 5.10 Å². The number of hydrogen-bond donors (Lipinski definition) is 3. The summed E-state index contributed by atoms with van der Waals surface area (Å²) in [7, 11) is -2.35. The molecular weight excluding hydrogens is 505 g/mol. The molecule has 11 nitrogen and oxygen atoms in total. The Morgan fingerprint density at radius 2 is 1.79 bits per heavy atom. The van der Waals surface area contributed by atoms with Crippen LogP contribution in [0, 0.1) is 20.8 Å². The number of nitrogens with zero attached hydrogens (tertiary/aromatic N) is 5. The molecule has 0 fully saturated rings. The van der Waals surface area contributed by atoms with Crippen LogP contribution in [-0.2, 0) is 9.09 Å². The van der Waals surface area contributed by atoms with Crippen molar-refractivity contribution in [2.24, 2.45) is 0 Å². The summed E-state index contributed by atoms with van der Waals surface area (Å²) in [6, 6.07) is 16.2. The lowest BCUT2D eigenvalue weighted by molar-refractivity contribution is 0.0698. The minimum absolute atomic E-state index is 0.0657. The number of carbonyl (C=O) groups is 1. The van der Waals surface area contributed by atoms with Gasteiger partial charge in [-0.1, -0.05) is 29.8 Å². The van der Waals surface area contributed by atoms with Gasteiger partial charge >= 0.3 is 13.5 Å². The summed E-state index contributed by atoms with van der Waals surface area (Å²) < 4.78 is 22.1. The SMILES string of the molecule is COP(=O)(Nc1nn(-c2ccc(-c3cc4nc(C)cc(N)n4n3)cc2)cc1C(=O)O)c1ccc(C)cc1C. The topological polar surface area (TPSA) is 150 Å². The van der Waals surface area contributed by atoms with E-state index < -0.39 is 13.5 Å². The van der Waals surface area contributed by atoms with Gasteiger partial charge in [-0.2, -0.15) is 9.61 Å². The lowest BCUT2D eigenvalue weighted by Crippen LogP contribution is -2.17. The van der Waals surface area contributed by atoms with Gasteiger partial charge in [-0.25, -0.2) is 14.5 Å². The van der Waals surface area contributed by atoms with Crippen molar-refractivity contribution in [3.05, 3.63) is 83.2 Å². The van der Waals surface area contributed by atoms with Crippen LogP contribution in [0.5, 0.6) is 0 Å². The maximum atomic E-state index is 13.7. The van der Waals surface area contributed by atoms with Crippen LogP contribution in [0.2, 0.25) is 0 Å². The van der Waals surface area contributed by atoms with E-state index in [2.05, 4.69) is 20.3 Å². The predicted octanol–water partition coefficient (Wildman–Crippen LogP) is 4.36. The minimum atomic E-state index is -3.66. The van der Waals surface area contributed by atoms with Crippen molar-refractivity contribution in [1.82, 2.24) is 24.4 Å². The largest absolute Gasteiger partial charge is 0.477 e. The van der Waals surface area contributed by atoms with Gasteiger partial charge in [-0.3, -0.25) is 9.65 Å². The van der Waals surface area contributed by atoms with Gasteiger partial charge in [0.1, 0.15) is 11.4 Å². The normalized spacial score (nSPS) is 12.9. The second-order valence-corrected chi connectivity index (χ2v) is 11.1. The smallest absolute Gasteiger partial charge is 0.341 e. The third kappa shape index (κ3) is 4.53. The molecule has 0 bridgehead atoms. The number of aromatic carboxylic acids is 1. The Morgan fingerprint density at radius 1 is 1.05 bits per heavy atom. The Labute approximate surface area is 218 Å². The molecule has 5 rings (SSSR count). The van der Waals surface area contributed by atoms with Crippen molar-refractivity contribution < 1.29 is 19.0 Å². The first-order valence-corrected chi connectivity index (χ1v) is 13.3. The van der Waals surface area contributed by atoms with Crippen molar-refractivity contribution in [2.45, 2.75) is 20.8 Å². The fourth-order valence-corrected chi connectivity index (χ4v) is 5.93. The molecular formula is C26H26N7O4P. The zero-order valence-corrected chi connectivity index (χ0v) is 22.1. The van der Waals surface area contributed by atoms with E-state index in [0.29, 0.717) is 28.2 Å². The van der Waals surface area contributed by atoms with Crippen LogP contribution in [0.15, 0.2) is 60.8 Å². The number of benzene rings is 2. The first kappa shape index (κ1) is 25.2. The number of carboxylic acids is 1.